The van der Waals surface area contributed by atoms with E-state index in [2.05, 4.69) is 10.4 Å². The quantitative estimate of drug-likeness (QED) is 0.592. The van der Waals surface area contributed by atoms with Gasteiger partial charge in [0.05, 0.1) is 10.0 Å². The topological polar surface area (TPSA) is 50.9 Å². The third kappa shape index (κ3) is 3.81. The molecule has 0 saturated heterocycles. The normalized spacial score (nSPS) is 10.6. The molecule has 100 valence electrons. The first kappa shape index (κ1) is 15.0. The smallest absolute Gasteiger partial charge is 0.160 e. The maximum absolute atomic E-state index is 6.09. The third-order valence-electron chi connectivity index (χ3n) is 2.08. The zero-order valence-electron chi connectivity index (χ0n) is 9.25. The van der Waals surface area contributed by atoms with E-state index < -0.39 is 0 Å². The van der Waals surface area contributed by atoms with E-state index in [1.165, 1.54) is 11.8 Å². The lowest BCUT2D eigenvalue weighted by Crippen LogP contribution is -2.09. The van der Waals surface area contributed by atoms with Crippen LogP contribution in [0.15, 0.2) is 34.2 Å². The number of nitrogen functional groups attached to an aromatic ring is 1. The van der Waals surface area contributed by atoms with Crippen LogP contribution in [0.3, 0.4) is 0 Å². The van der Waals surface area contributed by atoms with Crippen molar-refractivity contribution in [3.63, 3.8) is 0 Å². The van der Waals surface area contributed by atoms with E-state index >= 15 is 0 Å². The Morgan fingerprint density at radius 3 is 2.16 bits per heavy atom. The number of halogens is 4. The Kier molecular flexibility index (Phi) is 5.06. The van der Waals surface area contributed by atoms with E-state index in [9.17, 15) is 0 Å². The minimum absolute atomic E-state index is 0.348. The summed E-state index contributed by atoms with van der Waals surface area (Å²) in [6.45, 7) is 0. The monoisotopic (exact) mass is 353 g/mol. The average molecular weight is 355 g/mol. The van der Waals surface area contributed by atoms with Crippen LogP contribution in [0.5, 0.6) is 0 Å². The molecule has 0 saturated carbocycles. The van der Waals surface area contributed by atoms with Crippen LogP contribution in [-0.4, -0.2) is 4.98 Å². The largest absolute Gasteiger partial charge is 0.307 e. The molecule has 0 fully saturated rings. The summed E-state index contributed by atoms with van der Waals surface area (Å²) in [4.78, 5) is 5.04. The SMILES string of the molecule is NNc1nc(Sc2cc(Cl)cc(Cl)c2)c(Cl)cc1Cl. The number of nitrogens with one attached hydrogen (secondary N) is 1. The van der Waals surface area contributed by atoms with Crippen molar-refractivity contribution in [1.82, 2.24) is 4.98 Å². The van der Waals surface area contributed by atoms with Crippen molar-refractivity contribution in [1.29, 1.82) is 0 Å². The molecule has 19 heavy (non-hydrogen) atoms. The standard InChI is InChI=1S/C11H7Cl4N3S/c12-5-1-6(13)3-7(2-5)19-11-9(15)4-8(14)10(17-11)18-16/h1-4H,16H2,(H,17,18). The summed E-state index contributed by atoms with van der Waals surface area (Å²) in [5, 5.41) is 2.40. The number of nitrogens with zero attached hydrogens (tertiary/aromatic N) is 1. The number of pyridine rings is 1. The molecule has 3 N–H and O–H groups in total. The predicted octanol–water partition coefficient (Wildman–Crippen LogP) is 5.13. The van der Waals surface area contributed by atoms with Gasteiger partial charge in [0.2, 0.25) is 0 Å². The molecule has 1 aromatic carbocycles. The van der Waals surface area contributed by atoms with Crippen LogP contribution in [0, 0.1) is 0 Å². The Bertz CT molecular complexity index is 601. The van der Waals surface area contributed by atoms with Crippen LogP contribution in [0.1, 0.15) is 0 Å². The molecular formula is C11H7Cl4N3S. The molecule has 2 rings (SSSR count). The van der Waals surface area contributed by atoms with Crippen molar-refractivity contribution in [2.24, 2.45) is 5.84 Å². The highest BCUT2D eigenvalue weighted by Gasteiger charge is 2.11. The molecule has 0 amide bonds. The van der Waals surface area contributed by atoms with Crippen LogP contribution >= 0.6 is 58.2 Å². The fourth-order valence-corrected chi connectivity index (χ4v) is 3.39. The van der Waals surface area contributed by atoms with Gasteiger partial charge in [-0.25, -0.2) is 10.8 Å². The fraction of sp³-hybridized carbons (Fsp3) is 0. The van der Waals surface area contributed by atoms with Gasteiger partial charge in [0.25, 0.3) is 0 Å². The van der Waals surface area contributed by atoms with Gasteiger partial charge in [-0.1, -0.05) is 58.2 Å². The van der Waals surface area contributed by atoms with E-state index in [1.54, 1.807) is 24.3 Å². The van der Waals surface area contributed by atoms with Crippen molar-refractivity contribution < 1.29 is 0 Å². The Hall–Kier alpha value is -0.360. The zero-order valence-corrected chi connectivity index (χ0v) is 13.1. The first-order valence-corrected chi connectivity index (χ1v) is 7.29. The van der Waals surface area contributed by atoms with Crippen LogP contribution in [0.4, 0.5) is 5.82 Å². The van der Waals surface area contributed by atoms with Crippen molar-refractivity contribution in [2.45, 2.75) is 9.92 Å². The number of aromatic nitrogens is 1. The van der Waals surface area contributed by atoms with Gasteiger partial charge >= 0.3 is 0 Å². The van der Waals surface area contributed by atoms with Crippen molar-refractivity contribution >= 4 is 64.0 Å². The highest BCUT2D eigenvalue weighted by molar-refractivity contribution is 7.99. The number of hydrazine groups is 1. The maximum Gasteiger partial charge on any atom is 0.160 e. The summed E-state index contributed by atoms with van der Waals surface area (Å²) >= 11 is 25.2. The lowest BCUT2D eigenvalue weighted by Gasteiger charge is -2.08. The van der Waals surface area contributed by atoms with Crippen LogP contribution in [0.2, 0.25) is 20.1 Å². The molecule has 8 heteroatoms. The molecule has 0 atom stereocenters. The average Bonchev–Trinajstić information content (AvgIpc) is 2.31. The number of benzene rings is 1. The van der Waals surface area contributed by atoms with Crippen LogP contribution in [-0.2, 0) is 0 Å². The van der Waals surface area contributed by atoms with Crippen molar-refractivity contribution in [3.05, 3.63) is 44.4 Å². The molecule has 0 unspecified atom stereocenters. The molecule has 0 bridgehead atoms. The first-order valence-electron chi connectivity index (χ1n) is 4.96. The highest BCUT2D eigenvalue weighted by atomic mass is 35.5. The summed E-state index contributed by atoms with van der Waals surface area (Å²) in [5.41, 5.74) is 2.40. The van der Waals surface area contributed by atoms with Gasteiger partial charge in [-0.05, 0) is 24.3 Å². The second-order valence-electron chi connectivity index (χ2n) is 3.46. The Labute approximate surface area is 134 Å². The van der Waals surface area contributed by atoms with Gasteiger partial charge in [-0.2, -0.15) is 0 Å². The van der Waals surface area contributed by atoms with Gasteiger partial charge < -0.3 is 5.43 Å². The molecule has 3 nitrogen and oxygen atoms in total. The minimum Gasteiger partial charge on any atom is -0.307 e. The van der Waals surface area contributed by atoms with Crippen molar-refractivity contribution in [2.75, 3.05) is 5.43 Å². The lowest BCUT2D eigenvalue weighted by atomic mass is 10.4. The molecule has 0 aliphatic rings. The Balaban J connectivity index is 2.37. The summed E-state index contributed by atoms with van der Waals surface area (Å²) in [6.07, 6.45) is 0. The fourth-order valence-electron chi connectivity index (χ4n) is 1.32. The number of hydrogen-bond donors (Lipinski definition) is 2. The number of nitrogens with two attached hydrogens (primary N) is 1. The molecule has 0 aliphatic carbocycles. The maximum atomic E-state index is 6.09. The Morgan fingerprint density at radius 1 is 0.947 bits per heavy atom. The number of anilines is 1. The molecule has 0 radical (unpaired) electrons. The molecule has 2 aromatic rings. The van der Waals surface area contributed by atoms with E-state index in [1.807, 2.05) is 0 Å². The first-order chi connectivity index (χ1) is 8.99. The molecule has 1 heterocycles. The van der Waals surface area contributed by atoms with Gasteiger partial charge in [-0.15, -0.1) is 0 Å². The van der Waals surface area contributed by atoms with Crippen molar-refractivity contribution in [3.8, 4) is 0 Å². The highest BCUT2D eigenvalue weighted by Crippen LogP contribution is 2.37. The van der Waals surface area contributed by atoms with E-state index in [-0.39, 0.29) is 0 Å². The van der Waals surface area contributed by atoms with E-state index in [0.717, 1.165) is 4.90 Å². The summed E-state index contributed by atoms with van der Waals surface area (Å²) in [5.74, 6) is 5.67. The Morgan fingerprint density at radius 2 is 1.58 bits per heavy atom. The number of hydrogen-bond acceptors (Lipinski definition) is 4. The predicted molar refractivity (Wildman–Crippen MR) is 82.7 cm³/mol. The molecule has 1 aromatic heterocycles. The van der Waals surface area contributed by atoms with Gasteiger partial charge in [0.1, 0.15) is 5.03 Å². The van der Waals surface area contributed by atoms with E-state index in [4.69, 9.17) is 52.2 Å². The second kappa shape index (κ2) is 6.39. The van der Waals surface area contributed by atoms with Crippen LogP contribution in [0.25, 0.3) is 0 Å². The summed E-state index contributed by atoms with van der Waals surface area (Å²) in [6, 6.07) is 6.75. The van der Waals surface area contributed by atoms with Gasteiger partial charge in [0, 0.05) is 14.9 Å². The minimum atomic E-state index is 0.348. The van der Waals surface area contributed by atoms with Crippen LogP contribution < -0.4 is 11.3 Å². The second-order valence-corrected chi connectivity index (χ2v) is 6.21. The number of rotatable bonds is 3. The zero-order chi connectivity index (χ0) is 14.0. The summed E-state index contributed by atoms with van der Waals surface area (Å²) < 4.78 is 0. The molecule has 0 spiro atoms. The van der Waals surface area contributed by atoms with E-state index in [0.29, 0.717) is 30.9 Å². The van der Waals surface area contributed by atoms with Gasteiger partial charge in [-0.3, -0.25) is 0 Å². The lowest BCUT2D eigenvalue weighted by molar-refractivity contribution is 1.11. The van der Waals surface area contributed by atoms with Gasteiger partial charge in [0.15, 0.2) is 5.82 Å². The molecular weight excluding hydrogens is 348 g/mol. The third-order valence-corrected chi connectivity index (χ3v) is 4.19. The summed E-state index contributed by atoms with van der Waals surface area (Å²) in [7, 11) is 0. The molecule has 0 aliphatic heterocycles.